The number of nitrogens with zero attached hydrogens (tertiary/aromatic N) is 1. The maximum atomic E-state index is 11.1. The van der Waals surface area contributed by atoms with Gasteiger partial charge >= 0.3 is 5.97 Å². The lowest BCUT2D eigenvalue weighted by Crippen LogP contribution is -2.35. The number of nitrogens with two attached hydrogens (primary N) is 1. The third-order valence-electron chi connectivity index (χ3n) is 2.87. The molecule has 112 valence electrons. The molecule has 5 heteroatoms. The predicted molar refractivity (Wildman–Crippen MR) is 75.6 cm³/mol. The maximum absolute atomic E-state index is 11.1. The highest BCUT2D eigenvalue weighted by Gasteiger charge is 2.07. The van der Waals surface area contributed by atoms with Crippen molar-refractivity contribution >= 4 is 11.9 Å². The van der Waals surface area contributed by atoms with Gasteiger partial charge in [-0.25, -0.2) is 0 Å². The fourth-order valence-electron chi connectivity index (χ4n) is 1.89. The molecule has 0 aromatic heterocycles. The Bertz CT molecular complexity index is 257. The summed E-state index contributed by atoms with van der Waals surface area (Å²) in [6.07, 6.45) is 5.47. The number of carbonyl (C=O) groups is 2. The zero-order valence-corrected chi connectivity index (χ0v) is 12.3. The Labute approximate surface area is 116 Å². The van der Waals surface area contributed by atoms with Crippen LogP contribution in [0.15, 0.2) is 0 Å². The molecule has 0 spiro atoms. The minimum atomic E-state index is -0.275. The van der Waals surface area contributed by atoms with E-state index in [0.717, 1.165) is 45.2 Å². The molecule has 0 atom stereocenters. The van der Waals surface area contributed by atoms with E-state index in [0.29, 0.717) is 19.6 Å². The fourth-order valence-corrected chi connectivity index (χ4v) is 1.89. The van der Waals surface area contributed by atoms with Gasteiger partial charge in [0.1, 0.15) is 0 Å². The van der Waals surface area contributed by atoms with E-state index < -0.39 is 0 Å². The monoisotopic (exact) mass is 272 g/mol. The van der Waals surface area contributed by atoms with Crippen molar-refractivity contribution in [1.82, 2.24) is 4.90 Å². The Morgan fingerprint density at radius 2 is 1.74 bits per heavy atom. The molecule has 0 saturated carbocycles. The lowest BCUT2D eigenvalue weighted by atomic mass is 10.2. The van der Waals surface area contributed by atoms with E-state index >= 15 is 0 Å². The van der Waals surface area contributed by atoms with Crippen molar-refractivity contribution < 1.29 is 14.3 Å². The number of unbranched alkanes of at least 4 members (excludes halogenated alkanes) is 3. The van der Waals surface area contributed by atoms with Gasteiger partial charge in [-0.3, -0.25) is 14.5 Å². The van der Waals surface area contributed by atoms with Crippen molar-refractivity contribution in [2.75, 3.05) is 26.2 Å². The Kier molecular flexibility index (Phi) is 11.3. The average Bonchev–Trinajstić information content (AvgIpc) is 2.35. The van der Waals surface area contributed by atoms with E-state index in [4.69, 9.17) is 10.5 Å². The number of amides is 1. The number of carbonyl (C=O) groups excluding carboxylic acids is 2. The van der Waals surface area contributed by atoms with Crippen LogP contribution in [-0.4, -0.2) is 43.0 Å². The standard InChI is InChI=1S/C14H28N2O3/c1-3-5-10-16(12-13(15)17)11-8-6-7-9-14(18)19-4-2/h3-12H2,1-2H3,(H2,15,17). The number of primary amides is 1. The Morgan fingerprint density at radius 3 is 2.32 bits per heavy atom. The minimum absolute atomic E-state index is 0.123. The molecule has 0 aliphatic heterocycles. The number of hydrogen-bond acceptors (Lipinski definition) is 4. The maximum Gasteiger partial charge on any atom is 0.305 e. The zero-order valence-electron chi connectivity index (χ0n) is 12.3. The first-order valence-corrected chi connectivity index (χ1v) is 7.26. The topological polar surface area (TPSA) is 72.6 Å². The molecule has 0 bridgehead atoms. The number of esters is 1. The molecule has 0 radical (unpaired) electrons. The smallest absolute Gasteiger partial charge is 0.305 e. The van der Waals surface area contributed by atoms with E-state index in [2.05, 4.69) is 11.8 Å². The normalized spacial score (nSPS) is 10.7. The lowest BCUT2D eigenvalue weighted by molar-refractivity contribution is -0.143. The second-order valence-electron chi connectivity index (χ2n) is 4.71. The molecule has 0 rings (SSSR count). The highest BCUT2D eigenvalue weighted by Crippen LogP contribution is 2.04. The fraction of sp³-hybridized carbons (Fsp3) is 0.857. The van der Waals surface area contributed by atoms with Crippen LogP contribution in [0.4, 0.5) is 0 Å². The van der Waals surface area contributed by atoms with Crippen LogP contribution in [0.2, 0.25) is 0 Å². The molecule has 0 aliphatic carbocycles. The van der Waals surface area contributed by atoms with Crippen LogP contribution < -0.4 is 5.73 Å². The summed E-state index contributed by atoms with van der Waals surface area (Å²) in [5.74, 6) is -0.398. The Morgan fingerprint density at radius 1 is 1.05 bits per heavy atom. The van der Waals surface area contributed by atoms with Gasteiger partial charge in [0.05, 0.1) is 13.2 Å². The summed E-state index contributed by atoms with van der Waals surface area (Å²) in [5, 5.41) is 0. The SMILES string of the molecule is CCCCN(CCCCCC(=O)OCC)CC(N)=O. The summed E-state index contributed by atoms with van der Waals surface area (Å²) in [7, 11) is 0. The Hall–Kier alpha value is -1.10. The van der Waals surface area contributed by atoms with Crippen LogP contribution in [0.5, 0.6) is 0 Å². The van der Waals surface area contributed by atoms with Crippen LogP contribution in [-0.2, 0) is 14.3 Å². The summed E-state index contributed by atoms with van der Waals surface area (Å²) < 4.78 is 4.86. The minimum Gasteiger partial charge on any atom is -0.466 e. The van der Waals surface area contributed by atoms with E-state index in [-0.39, 0.29) is 11.9 Å². The largest absolute Gasteiger partial charge is 0.466 e. The molecule has 0 unspecified atom stereocenters. The van der Waals surface area contributed by atoms with Crippen molar-refractivity contribution in [3.8, 4) is 0 Å². The van der Waals surface area contributed by atoms with E-state index in [1.165, 1.54) is 0 Å². The lowest BCUT2D eigenvalue weighted by Gasteiger charge is -2.20. The molecule has 0 fully saturated rings. The van der Waals surface area contributed by atoms with Crippen molar-refractivity contribution in [1.29, 1.82) is 0 Å². The van der Waals surface area contributed by atoms with Gasteiger partial charge < -0.3 is 10.5 Å². The molecule has 0 aromatic rings. The van der Waals surface area contributed by atoms with E-state index in [1.54, 1.807) is 0 Å². The molecule has 2 N–H and O–H groups in total. The summed E-state index contributed by atoms with van der Waals surface area (Å²) in [5.41, 5.74) is 5.23. The Balaban J connectivity index is 3.67. The van der Waals surface area contributed by atoms with Gasteiger partial charge in [-0.2, -0.15) is 0 Å². The van der Waals surface area contributed by atoms with Crippen molar-refractivity contribution in [3.05, 3.63) is 0 Å². The summed E-state index contributed by atoms with van der Waals surface area (Å²) >= 11 is 0. The number of rotatable bonds is 12. The van der Waals surface area contributed by atoms with E-state index in [9.17, 15) is 9.59 Å². The van der Waals surface area contributed by atoms with Gasteiger partial charge in [-0.1, -0.05) is 19.8 Å². The molecular weight excluding hydrogens is 244 g/mol. The van der Waals surface area contributed by atoms with Gasteiger partial charge in [0.2, 0.25) is 5.91 Å². The first-order valence-electron chi connectivity index (χ1n) is 7.26. The van der Waals surface area contributed by atoms with Gasteiger partial charge in [-0.15, -0.1) is 0 Å². The van der Waals surface area contributed by atoms with Crippen LogP contribution >= 0.6 is 0 Å². The van der Waals surface area contributed by atoms with Crippen molar-refractivity contribution in [3.63, 3.8) is 0 Å². The molecule has 0 aromatic carbocycles. The number of hydrogen-bond donors (Lipinski definition) is 1. The second-order valence-corrected chi connectivity index (χ2v) is 4.71. The third-order valence-corrected chi connectivity index (χ3v) is 2.87. The summed E-state index contributed by atoms with van der Waals surface area (Å²) in [4.78, 5) is 24.2. The predicted octanol–water partition coefficient (Wildman–Crippen LogP) is 1.70. The van der Waals surface area contributed by atoms with Crippen LogP contribution in [0.1, 0.15) is 52.4 Å². The van der Waals surface area contributed by atoms with Crippen LogP contribution in [0.25, 0.3) is 0 Å². The highest BCUT2D eigenvalue weighted by atomic mass is 16.5. The first-order chi connectivity index (χ1) is 9.10. The third kappa shape index (κ3) is 11.7. The second kappa shape index (κ2) is 12.0. The van der Waals surface area contributed by atoms with Crippen LogP contribution in [0, 0.1) is 0 Å². The summed E-state index contributed by atoms with van der Waals surface area (Å²) in [6, 6.07) is 0. The molecule has 0 saturated heterocycles. The van der Waals surface area contributed by atoms with Crippen molar-refractivity contribution in [2.45, 2.75) is 52.4 Å². The summed E-state index contributed by atoms with van der Waals surface area (Å²) in [6.45, 7) is 6.50. The van der Waals surface area contributed by atoms with Gasteiger partial charge in [0.15, 0.2) is 0 Å². The highest BCUT2D eigenvalue weighted by molar-refractivity contribution is 5.75. The number of ether oxygens (including phenoxy) is 1. The molecule has 0 heterocycles. The first kappa shape index (κ1) is 17.9. The zero-order chi connectivity index (χ0) is 14.5. The molecule has 1 amide bonds. The average molecular weight is 272 g/mol. The van der Waals surface area contributed by atoms with Gasteiger partial charge in [0.25, 0.3) is 0 Å². The van der Waals surface area contributed by atoms with Crippen molar-refractivity contribution in [2.24, 2.45) is 5.73 Å². The molecule has 5 nitrogen and oxygen atoms in total. The molecule has 19 heavy (non-hydrogen) atoms. The van der Waals surface area contributed by atoms with Gasteiger partial charge in [-0.05, 0) is 39.3 Å². The quantitative estimate of drug-likeness (QED) is 0.433. The van der Waals surface area contributed by atoms with E-state index in [1.807, 2.05) is 6.92 Å². The molecular formula is C14H28N2O3. The molecule has 0 aliphatic rings. The van der Waals surface area contributed by atoms with Gasteiger partial charge in [0, 0.05) is 6.42 Å². The van der Waals surface area contributed by atoms with Crippen LogP contribution in [0.3, 0.4) is 0 Å².